The molecule has 26 heavy (non-hydrogen) atoms. The van der Waals surface area contributed by atoms with Gasteiger partial charge in [0.1, 0.15) is 11.6 Å². The number of thiophene rings is 1. The van der Waals surface area contributed by atoms with Crippen LogP contribution in [0.25, 0.3) is 0 Å². The van der Waals surface area contributed by atoms with Crippen molar-refractivity contribution in [3.8, 4) is 0 Å². The van der Waals surface area contributed by atoms with Crippen LogP contribution in [0.1, 0.15) is 26.5 Å². The number of benzene rings is 1. The number of aryl methyl sites for hydroxylation is 2. The maximum absolute atomic E-state index is 13.6. The average molecular weight is 378 g/mol. The third-order valence-electron chi connectivity index (χ3n) is 4.49. The molecular formula is C19H20F2N2O2S. The highest BCUT2D eigenvalue weighted by Gasteiger charge is 2.25. The van der Waals surface area contributed by atoms with Crippen LogP contribution in [0, 0.1) is 18.6 Å². The van der Waals surface area contributed by atoms with Crippen LogP contribution >= 0.6 is 11.3 Å². The van der Waals surface area contributed by atoms with E-state index >= 15 is 0 Å². The predicted octanol–water partition coefficient (Wildman–Crippen LogP) is 3.25. The van der Waals surface area contributed by atoms with Crippen molar-refractivity contribution in [2.45, 2.75) is 19.8 Å². The maximum Gasteiger partial charge on any atom is 0.264 e. The molecule has 0 saturated carbocycles. The van der Waals surface area contributed by atoms with E-state index in [0.717, 1.165) is 23.1 Å². The largest absolute Gasteiger partial charge is 0.339 e. The van der Waals surface area contributed by atoms with E-state index in [9.17, 15) is 18.4 Å². The molecule has 1 aromatic carbocycles. The van der Waals surface area contributed by atoms with E-state index in [2.05, 4.69) is 0 Å². The molecule has 0 atom stereocenters. The SMILES string of the molecule is Cc1ccc(C(=O)N2CCN(C(=O)CCc3cc(F)ccc3F)CC2)s1. The zero-order valence-electron chi connectivity index (χ0n) is 14.5. The van der Waals surface area contributed by atoms with Crippen molar-refractivity contribution >= 4 is 23.2 Å². The number of halogens is 2. The molecule has 0 bridgehead atoms. The third-order valence-corrected chi connectivity index (χ3v) is 5.48. The minimum absolute atomic E-state index is 0.00275. The van der Waals surface area contributed by atoms with Crippen LogP contribution in [-0.2, 0) is 11.2 Å². The van der Waals surface area contributed by atoms with Gasteiger partial charge >= 0.3 is 0 Å². The molecule has 1 saturated heterocycles. The van der Waals surface area contributed by atoms with Gasteiger partial charge in [-0.2, -0.15) is 0 Å². The summed E-state index contributed by atoms with van der Waals surface area (Å²) in [6, 6.07) is 7.01. The molecule has 1 fully saturated rings. The van der Waals surface area contributed by atoms with Gasteiger partial charge in [0.05, 0.1) is 4.88 Å². The Morgan fingerprint density at radius 2 is 1.73 bits per heavy atom. The molecular weight excluding hydrogens is 358 g/mol. The zero-order chi connectivity index (χ0) is 18.7. The van der Waals surface area contributed by atoms with Gasteiger partial charge < -0.3 is 9.80 Å². The number of rotatable bonds is 4. The first-order chi connectivity index (χ1) is 12.4. The first-order valence-corrected chi connectivity index (χ1v) is 9.33. The van der Waals surface area contributed by atoms with Gasteiger partial charge in [-0.25, -0.2) is 8.78 Å². The summed E-state index contributed by atoms with van der Waals surface area (Å²) in [6.07, 6.45) is 0.286. The number of hydrogen-bond donors (Lipinski definition) is 0. The van der Waals surface area contributed by atoms with Crippen LogP contribution < -0.4 is 0 Å². The summed E-state index contributed by atoms with van der Waals surface area (Å²) in [7, 11) is 0. The molecule has 0 aliphatic carbocycles. The summed E-state index contributed by atoms with van der Waals surface area (Å²) in [4.78, 5) is 30.0. The molecule has 1 aliphatic heterocycles. The number of nitrogens with zero attached hydrogens (tertiary/aromatic N) is 2. The summed E-state index contributed by atoms with van der Waals surface area (Å²) >= 11 is 1.47. The average Bonchev–Trinajstić information content (AvgIpc) is 3.08. The maximum atomic E-state index is 13.6. The molecule has 2 aromatic rings. The highest BCUT2D eigenvalue weighted by Crippen LogP contribution is 2.19. The van der Waals surface area contributed by atoms with E-state index in [1.807, 2.05) is 19.1 Å². The lowest BCUT2D eigenvalue weighted by molar-refractivity contribution is -0.132. The summed E-state index contributed by atoms with van der Waals surface area (Å²) in [5.74, 6) is -1.12. The lowest BCUT2D eigenvalue weighted by atomic mass is 10.1. The third kappa shape index (κ3) is 4.27. The second-order valence-corrected chi connectivity index (χ2v) is 7.61. The predicted molar refractivity (Wildman–Crippen MR) is 96.2 cm³/mol. The summed E-state index contributed by atoms with van der Waals surface area (Å²) < 4.78 is 26.8. The van der Waals surface area contributed by atoms with Crippen LogP contribution in [-0.4, -0.2) is 47.8 Å². The van der Waals surface area contributed by atoms with Gasteiger partial charge in [-0.3, -0.25) is 9.59 Å². The van der Waals surface area contributed by atoms with E-state index in [1.54, 1.807) is 9.80 Å². The zero-order valence-corrected chi connectivity index (χ0v) is 15.3. The van der Waals surface area contributed by atoms with Gasteiger partial charge in [0.15, 0.2) is 0 Å². The van der Waals surface area contributed by atoms with E-state index in [1.165, 1.54) is 11.3 Å². The lowest BCUT2D eigenvalue weighted by Crippen LogP contribution is -2.50. The number of piperazine rings is 1. The molecule has 3 rings (SSSR count). The number of carbonyl (C=O) groups is 2. The molecule has 1 aromatic heterocycles. The first-order valence-electron chi connectivity index (χ1n) is 8.51. The van der Waals surface area contributed by atoms with Crippen molar-refractivity contribution in [2.24, 2.45) is 0 Å². The Kier molecular flexibility index (Phi) is 5.66. The van der Waals surface area contributed by atoms with E-state index in [-0.39, 0.29) is 30.2 Å². The van der Waals surface area contributed by atoms with Crippen LogP contribution in [0.3, 0.4) is 0 Å². The molecule has 0 spiro atoms. The number of hydrogen-bond acceptors (Lipinski definition) is 3. The molecule has 0 unspecified atom stereocenters. The van der Waals surface area contributed by atoms with E-state index < -0.39 is 11.6 Å². The summed E-state index contributed by atoms with van der Waals surface area (Å²) in [5, 5.41) is 0. The lowest BCUT2D eigenvalue weighted by Gasteiger charge is -2.34. The van der Waals surface area contributed by atoms with Crippen molar-refractivity contribution in [3.05, 3.63) is 57.3 Å². The quantitative estimate of drug-likeness (QED) is 0.819. The minimum Gasteiger partial charge on any atom is -0.339 e. The second-order valence-electron chi connectivity index (χ2n) is 6.32. The second kappa shape index (κ2) is 7.95. The minimum atomic E-state index is -0.509. The van der Waals surface area contributed by atoms with Crippen LogP contribution in [0.5, 0.6) is 0 Å². The Morgan fingerprint density at radius 1 is 1.04 bits per heavy atom. The van der Waals surface area contributed by atoms with E-state index in [4.69, 9.17) is 0 Å². The van der Waals surface area contributed by atoms with Gasteiger partial charge in [-0.05, 0) is 49.2 Å². The first kappa shape index (κ1) is 18.5. The Morgan fingerprint density at radius 3 is 2.38 bits per heavy atom. The Bertz CT molecular complexity index is 814. The Labute approximate surface area is 155 Å². The molecule has 7 heteroatoms. The monoisotopic (exact) mass is 378 g/mol. The topological polar surface area (TPSA) is 40.6 Å². The van der Waals surface area contributed by atoms with Crippen molar-refractivity contribution in [2.75, 3.05) is 26.2 Å². The molecule has 2 heterocycles. The van der Waals surface area contributed by atoms with Crippen LogP contribution in [0.4, 0.5) is 8.78 Å². The Hall–Kier alpha value is -2.28. The highest BCUT2D eigenvalue weighted by molar-refractivity contribution is 7.13. The summed E-state index contributed by atoms with van der Waals surface area (Å²) in [5.41, 5.74) is 0.209. The van der Waals surface area contributed by atoms with Crippen molar-refractivity contribution in [1.29, 1.82) is 0 Å². The van der Waals surface area contributed by atoms with E-state index in [0.29, 0.717) is 31.1 Å². The smallest absolute Gasteiger partial charge is 0.264 e. The number of carbonyl (C=O) groups excluding carboxylic acids is 2. The Balaban J connectivity index is 1.50. The van der Waals surface area contributed by atoms with Crippen molar-refractivity contribution in [1.82, 2.24) is 9.80 Å². The fourth-order valence-electron chi connectivity index (χ4n) is 3.00. The molecule has 138 valence electrons. The molecule has 4 nitrogen and oxygen atoms in total. The highest BCUT2D eigenvalue weighted by atomic mass is 32.1. The molecule has 2 amide bonds. The van der Waals surface area contributed by atoms with Gasteiger partial charge in [0.2, 0.25) is 5.91 Å². The van der Waals surface area contributed by atoms with Gasteiger partial charge in [0.25, 0.3) is 5.91 Å². The molecule has 0 N–H and O–H groups in total. The van der Waals surface area contributed by atoms with Gasteiger partial charge in [-0.15, -0.1) is 11.3 Å². The fraction of sp³-hybridized carbons (Fsp3) is 0.368. The van der Waals surface area contributed by atoms with Crippen molar-refractivity contribution < 1.29 is 18.4 Å². The van der Waals surface area contributed by atoms with Gasteiger partial charge in [-0.1, -0.05) is 0 Å². The van der Waals surface area contributed by atoms with Crippen LogP contribution in [0.15, 0.2) is 30.3 Å². The summed E-state index contributed by atoms with van der Waals surface area (Å²) in [6.45, 7) is 3.84. The number of amides is 2. The molecule has 0 radical (unpaired) electrons. The fourth-order valence-corrected chi connectivity index (χ4v) is 3.83. The van der Waals surface area contributed by atoms with Crippen molar-refractivity contribution in [3.63, 3.8) is 0 Å². The molecule has 1 aliphatic rings. The van der Waals surface area contributed by atoms with Crippen LogP contribution in [0.2, 0.25) is 0 Å². The standard InChI is InChI=1S/C19H20F2N2O2S/c1-13-2-6-17(26-13)19(25)23-10-8-22(9-11-23)18(24)7-3-14-12-15(20)4-5-16(14)21/h2,4-6,12H,3,7-11H2,1H3. The normalized spacial score (nSPS) is 14.6. The van der Waals surface area contributed by atoms with Gasteiger partial charge in [0, 0.05) is 37.5 Å².